The fourth-order valence-corrected chi connectivity index (χ4v) is 7.01. The first-order chi connectivity index (χ1) is 21.9. The Morgan fingerprint density at radius 1 is 0.935 bits per heavy atom. The second-order valence-electron chi connectivity index (χ2n) is 11.3. The largest absolute Gasteiger partial charge is 0.494 e. The number of benzene rings is 3. The number of aliphatic carboxylic acids is 1. The zero-order valence-electron chi connectivity index (χ0n) is 25.8. The topological polar surface area (TPSA) is 75.1 Å². The molecule has 46 heavy (non-hydrogen) atoms. The van der Waals surface area contributed by atoms with E-state index in [4.69, 9.17) is 14.5 Å². The molecule has 3 aromatic carbocycles. The van der Waals surface area contributed by atoms with Gasteiger partial charge in [0.1, 0.15) is 16.5 Å². The number of piperazine rings is 1. The second-order valence-corrected chi connectivity index (χ2v) is 13.5. The second kappa shape index (κ2) is 14.4. The van der Waals surface area contributed by atoms with Gasteiger partial charge in [0.05, 0.1) is 17.9 Å². The van der Waals surface area contributed by atoms with Crippen LogP contribution in [0, 0.1) is 0 Å². The molecule has 1 aliphatic heterocycles. The monoisotopic (exact) mass is 671 g/mol. The van der Waals surface area contributed by atoms with Crippen LogP contribution in [-0.4, -0.2) is 59.3 Å². The van der Waals surface area contributed by atoms with E-state index >= 15 is 0 Å². The number of halogens is 3. The Labute approximate surface area is 275 Å². The van der Waals surface area contributed by atoms with E-state index in [0.717, 1.165) is 65.2 Å². The van der Waals surface area contributed by atoms with E-state index in [1.54, 1.807) is 23.9 Å². The van der Waals surface area contributed by atoms with E-state index in [1.807, 2.05) is 31.2 Å². The van der Waals surface area contributed by atoms with Gasteiger partial charge in [-0.25, -0.2) is 9.78 Å². The first-order valence-corrected chi connectivity index (χ1v) is 16.7. The maximum absolute atomic E-state index is 13.2. The summed E-state index contributed by atoms with van der Waals surface area (Å²) in [6.45, 7) is 9.65. The van der Waals surface area contributed by atoms with Gasteiger partial charge in [0, 0.05) is 59.5 Å². The number of hydrogen-bond donors (Lipinski definition) is 1. The summed E-state index contributed by atoms with van der Waals surface area (Å²) < 4.78 is 50.7. The zero-order valence-corrected chi connectivity index (χ0v) is 27.5. The SMILES string of the molecule is CCOc1ccc(N2CCN(Cc3nc(-c4ccc(C(F)(F)F)cc4)sc3CSc3ccc(OC(C)(C)C(=O)O)cc3)CC2)cc1. The summed E-state index contributed by atoms with van der Waals surface area (Å²) >= 11 is 3.11. The summed E-state index contributed by atoms with van der Waals surface area (Å²) in [6.07, 6.45) is -4.40. The molecule has 0 saturated carbocycles. The predicted octanol–water partition coefficient (Wildman–Crippen LogP) is 8.08. The van der Waals surface area contributed by atoms with Crippen molar-refractivity contribution in [2.75, 3.05) is 37.7 Å². The maximum atomic E-state index is 13.2. The number of rotatable bonds is 12. The predicted molar refractivity (Wildman–Crippen MR) is 176 cm³/mol. The van der Waals surface area contributed by atoms with Crippen LogP contribution in [0.2, 0.25) is 0 Å². The van der Waals surface area contributed by atoms with Gasteiger partial charge in [-0.05, 0) is 81.4 Å². The van der Waals surface area contributed by atoms with Crippen LogP contribution in [0.5, 0.6) is 11.5 Å². The number of alkyl halides is 3. The van der Waals surface area contributed by atoms with Crippen molar-refractivity contribution in [1.82, 2.24) is 9.88 Å². The highest BCUT2D eigenvalue weighted by Crippen LogP contribution is 2.36. The Morgan fingerprint density at radius 2 is 1.57 bits per heavy atom. The average molecular weight is 672 g/mol. The van der Waals surface area contributed by atoms with Crippen LogP contribution >= 0.6 is 23.1 Å². The van der Waals surface area contributed by atoms with Gasteiger partial charge < -0.3 is 19.5 Å². The van der Waals surface area contributed by atoms with E-state index in [1.165, 1.54) is 37.3 Å². The Bertz CT molecular complexity index is 1600. The maximum Gasteiger partial charge on any atom is 0.416 e. The molecule has 0 radical (unpaired) electrons. The van der Waals surface area contributed by atoms with E-state index < -0.39 is 23.3 Å². The van der Waals surface area contributed by atoms with Crippen molar-refractivity contribution in [2.24, 2.45) is 0 Å². The quantitative estimate of drug-likeness (QED) is 0.152. The van der Waals surface area contributed by atoms with Crippen molar-refractivity contribution in [3.05, 3.63) is 88.9 Å². The van der Waals surface area contributed by atoms with Gasteiger partial charge in [0.25, 0.3) is 0 Å². The molecule has 4 aromatic rings. The highest BCUT2D eigenvalue weighted by molar-refractivity contribution is 7.98. The molecule has 0 bridgehead atoms. The Morgan fingerprint density at radius 3 is 2.15 bits per heavy atom. The number of thioether (sulfide) groups is 1. The fourth-order valence-electron chi connectivity index (χ4n) is 4.93. The van der Waals surface area contributed by atoms with Crippen LogP contribution in [0.4, 0.5) is 18.9 Å². The minimum absolute atomic E-state index is 0.462. The zero-order chi connectivity index (χ0) is 32.9. The third-order valence-electron chi connectivity index (χ3n) is 7.58. The third-order valence-corrected chi connectivity index (χ3v) is 9.95. The van der Waals surface area contributed by atoms with Gasteiger partial charge in [0.15, 0.2) is 5.60 Å². The summed E-state index contributed by atoms with van der Waals surface area (Å²) in [5.41, 5.74) is 0.693. The first-order valence-electron chi connectivity index (χ1n) is 14.9. The molecule has 12 heteroatoms. The molecule has 1 aromatic heterocycles. The molecule has 7 nitrogen and oxygen atoms in total. The molecule has 2 heterocycles. The van der Waals surface area contributed by atoms with Gasteiger partial charge in [-0.1, -0.05) is 12.1 Å². The van der Waals surface area contributed by atoms with E-state index in [2.05, 4.69) is 21.9 Å². The van der Waals surface area contributed by atoms with Gasteiger partial charge in [-0.3, -0.25) is 4.90 Å². The van der Waals surface area contributed by atoms with Crippen molar-refractivity contribution in [2.45, 2.75) is 49.7 Å². The molecule has 0 amide bonds. The number of aromatic nitrogens is 1. The number of thiazole rings is 1. The Hall–Kier alpha value is -3.74. The number of nitrogens with zero attached hydrogens (tertiary/aromatic N) is 3. The molecule has 0 aliphatic carbocycles. The molecule has 5 rings (SSSR count). The molecule has 1 aliphatic rings. The van der Waals surface area contributed by atoms with Crippen molar-refractivity contribution >= 4 is 34.8 Å². The summed E-state index contributed by atoms with van der Waals surface area (Å²) in [4.78, 5) is 23.1. The smallest absolute Gasteiger partial charge is 0.416 e. The number of hydrogen-bond acceptors (Lipinski definition) is 8. The van der Waals surface area contributed by atoms with Crippen molar-refractivity contribution in [1.29, 1.82) is 0 Å². The lowest BCUT2D eigenvalue weighted by Crippen LogP contribution is -2.46. The highest BCUT2D eigenvalue weighted by atomic mass is 32.2. The van der Waals surface area contributed by atoms with Crippen molar-refractivity contribution in [3.8, 4) is 22.1 Å². The van der Waals surface area contributed by atoms with E-state index in [9.17, 15) is 23.1 Å². The van der Waals surface area contributed by atoms with E-state index in [-0.39, 0.29) is 0 Å². The van der Waals surface area contributed by atoms with Crippen LogP contribution in [-0.2, 0) is 23.3 Å². The Balaban J connectivity index is 1.29. The molecule has 0 atom stereocenters. The van der Waals surface area contributed by atoms with Crippen LogP contribution in [0.15, 0.2) is 77.7 Å². The summed E-state index contributed by atoms with van der Waals surface area (Å²) in [7, 11) is 0. The fraction of sp³-hybridized carbons (Fsp3) is 0.353. The molecular weight excluding hydrogens is 636 g/mol. The normalized spacial score (nSPS) is 14.3. The number of ether oxygens (including phenoxy) is 2. The number of carbonyl (C=O) groups is 1. The number of anilines is 1. The molecule has 1 N–H and O–H groups in total. The highest BCUT2D eigenvalue weighted by Gasteiger charge is 2.31. The van der Waals surface area contributed by atoms with E-state index in [0.29, 0.717) is 35.2 Å². The van der Waals surface area contributed by atoms with Crippen molar-refractivity contribution < 1.29 is 32.5 Å². The van der Waals surface area contributed by atoms with Crippen LogP contribution in [0.3, 0.4) is 0 Å². The molecule has 0 spiro atoms. The standard InChI is InChI=1S/C34H36F3N3O4S2/c1-4-43-26-11-9-25(10-12-26)40-19-17-39(18-20-40)21-29-30(46-31(38-29)23-5-7-24(8-6-23)34(35,36)37)22-45-28-15-13-27(14-16-28)44-33(2,3)32(41)42/h5-16H,4,17-22H2,1-3H3,(H,41,42). The Kier molecular flexibility index (Phi) is 10.5. The average Bonchev–Trinajstić information content (AvgIpc) is 3.43. The van der Waals surface area contributed by atoms with Crippen LogP contribution in [0.25, 0.3) is 10.6 Å². The van der Waals surface area contributed by atoms with Gasteiger partial charge in [0.2, 0.25) is 0 Å². The van der Waals surface area contributed by atoms with Gasteiger partial charge in [-0.15, -0.1) is 23.1 Å². The minimum Gasteiger partial charge on any atom is -0.494 e. The molecule has 244 valence electrons. The third kappa shape index (κ3) is 8.54. The molecule has 1 fully saturated rings. The number of carboxylic acid groups (broad SMARTS) is 1. The van der Waals surface area contributed by atoms with Crippen LogP contribution in [0.1, 0.15) is 36.9 Å². The molecular formula is C34H36F3N3O4S2. The van der Waals surface area contributed by atoms with Crippen molar-refractivity contribution in [3.63, 3.8) is 0 Å². The lowest BCUT2D eigenvalue weighted by molar-refractivity contribution is -0.152. The van der Waals surface area contributed by atoms with Gasteiger partial charge >= 0.3 is 12.1 Å². The first kappa shape index (κ1) is 33.6. The summed E-state index contributed by atoms with van der Waals surface area (Å²) in [5, 5.41) is 10.0. The minimum atomic E-state index is -4.40. The number of carboxylic acids is 1. The molecule has 0 unspecified atom stereocenters. The summed E-state index contributed by atoms with van der Waals surface area (Å²) in [5.74, 6) is 0.893. The lowest BCUT2D eigenvalue weighted by atomic mass is 10.1. The van der Waals surface area contributed by atoms with Gasteiger partial charge in [-0.2, -0.15) is 13.2 Å². The lowest BCUT2D eigenvalue weighted by Gasteiger charge is -2.36. The molecule has 1 saturated heterocycles. The van der Waals surface area contributed by atoms with Crippen LogP contribution < -0.4 is 14.4 Å². The summed E-state index contributed by atoms with van der Waals surface area (Å²) in [6, 6.07) is 20.6.